The van der Waals surface area contributed by atoms with Crippen LogP contribution in [0.3, 0.4) is 0 Å². The minimum Gasteiger partial charge on any atom is -0.497 e. The van der Waals surface area contributed by atoms with Crippen LogP contribution in [-0.2, 0) is 11.3 Å². The van der Waals surface area contributed by atoms with Gasteiger partial charge in [0.05, 0.1) is 30.8 Å². The largest absolute Gasteiger partial charge is 0.497 e. The highest BCUT2D eigenvalue weighted by atomic mass is 16.5. The number of fused-ring (bicyclic) bond motifs is 1. The minimum absolute atomic E-state index is 0.130. The van der Waals surface area contributed by atoms with E-state index in [1.807, 2.05) is 49.4 Å². The molecule has 1 unspecified atom stereocenters. The summed E-state index contributed by atoms with van der Waals surface area (Å²) in [4.78, 5) is 17.0. The minimum atomic E-state index is -0.130. The number of rotatable bonds is 9. The number of para-hydroxylation sites is 2. The van der Waals surface area contributed by atoms with Gasteiger partial charge in [-0.2, -0.15) is 0 Å². The van der Waals surface area contributed by atoms with Crippen LogP contribution in [0.2, 0.25) is 0 Å². The molecule has 1 aromatic heterocycles. The lowest BCUT2D eigenvalue weighted by Crippen LogP contribution is -2.30. The van der Waals surface area contributed by atoms with Gasteiger partial charge < -0.3 is 19.4 Å². The Labute approximate surface area is 170 Å². The number of aromatic nitrogens is 2. The lowest BCUT2D eigenvalue weighted by Gasteiger charge is -2.16. The number of ether oxygens (including phenoxy) is 2. The number of nitrogens with one attached hydrogen (secondary N) is 1. The Hall–Kier alpha value is -3.02. The highest BCUT2D eigenvalue weighted by Gasteiger charge is 2.31. The van der Waals surface area contributed by atoms with Gasteiger partial charge in [-0.05, 0) is 50.5 Å². The molecule has 1 saturated carbocycles. The zero-order chi connectivity index (χ0) is 20.2. The molecule has 0 radical (unpaired) electrons. The molecule has 1 N–H and O–H groups in total. The Morgan fingerprint density at radius 2 is 2.00 bits per heavy atom. The second-order valence-corrected chi connectivity index (χ2v) is 7.50. The zero-order valence-corrected chi connectivity index (χ0v) is 16.9. The van der Waals surface area contributed by atoms with Gasteiger partial charge in [-0.3, -0.25) is 4.79 Å². The van der Waals surface area contributed by atoms with Gasteiger partial charge in [0.25, 0.3) is 0 Å². The topological polar surface area (TPSA) is 65.4 Å². The van der Waals surface area contributed by atoms with Crippen molar-refractivity contribution in [2.75, 3.05) is 13.7 Å². The van der Waals surface area contributed by atoms with Gasteiger partial charge in [0, 0.05) is 18.5 Å². The van der Waals surface area contributed by atoms with Gasteiger partial charge in [0.1, 0.15) is 17.3 Å². The summed E-state index contributed by atoms with van der Waals surface area (Å²) in [6.45, 7) is 3.36. The van der Waals surface area contributed by atoms with Crippen LogP contribution >= 0.6 is 0 Å². The highest BCUT2D eigenvalue weighted by Crippen LogP contribution is 2.30. The molecule has 1 heterocycles. The van der Waals surface area contributed by atoms with E-state index in [2.05, 4.69) is 16.0 Å². The second kappa shape index (κ2) is 8.55. The van der Waals surface area contributed by atoms with Crippen molar-refractivity contribution in [2.24, 2.45) is 5.92 Å². The third-order valence-corrected chi connectivity index (χ3v) is 5.21. The van der Waals surface area contributed by atoms with E-state index in [9.17, 15) is 4.79 Å². The van der Waals surface area contributed by atoms with Gasteiger partial charge in [-0.1, -0.05) is 18.2 Å². The van der Waals surface area contributed by atoms with Crippen molar-refractivity contribution in [3.8, 4) is 11.5 Å². The number of hydrogen-bond acceptors (Lipinski definition) is 4. The fourth-order valence-corrected chi connectivity index (χ4v) is 3.50. The van der Waals surface area contributed by atoms with Gasteiger partial charge in [0.2, 0.25) is 5.91 Å². The standard InChI is InChI=1S/C23H27N3O3/c1-16(24-23(27)17-11-12-17)22-25-20-9-3-4-10-21(20)26(22)13-6-14-29-19-8-5-7-18(15-19)28-2/h3-5,7-10,15-17H,6,11-14H2,1-2H3,(H,24,27). The summed E-state index contributed by atoms with van der Waals surface area (Å²) in [7, 11) is 1.65. The Kier molecular flexibility index (Phi) is 5.69. The molecule has 0 aliphatic heterocycles. The lowest BCUT2D eigenvalue weighted by molar-refractivity contribution is -0.123. The molecule has 2 aromatic carbocycles. The number of hydrogen-bond donors (Lipinski definition) is 1. The molecule has 6 heteroatoms. The van der Waals surface area contributed by atoms with Crippen molar-refractivity contribution in [1.82, 2.24) is 14.9 Å². The number of nitrogens with zero attached hydrogens (tertiary/aromatic N) is 2. The lowest BCUT2D eigenvalue weighted by atomic mass is 10.2. The molecule has 4 rings (SSSR count). The predicted octanol–water partition coefficient (Wildman–Crippen LogP) is 4.10. The van der Waals surface area contributed by atoms with E-state index in [1.165, 1.54) is 0 Å². The number of aryl methyl sites for hydroxylation is 1. The van der Waals surface area contributed by atoms with Crippen molar-refractivity contribution in [3.63, 3.8) is 0 Å². The fraction of sp³-hybridized carbons (Fsp3) is 0.391. The molecule has 1 fully saturated rings. The Bertz CT molecular complexity index is 994. The van der Waals surface area contributed by atoms with E-state index in [1.54, 1.807) is 7.11 Å². The molecule has 1 atom stereocenters. The average molecular weight is 393 g/mol. The van der Waals surface area contributed by atoms with E-state index in [0.29, 0.717) is 6.61 Å². The van der Waals surface area contributed by atoms with Crippen molar-refractivity contribution < 1.29 is 14.3 Å². The average Bonchev–Trinajstić information content (AvgIpc) is 3.53. The molecule has 1 amide bonds. The first kappa shape index (κ1) is 19.3. The number of imidazole rings is 1. The van der Waals surface area contributed by atoms with Crippen molar-refractivity contribution in [3.05, 3.63) is 54.4 Å². The molecule has 0 saturated heterocycles. The monoisotopic (exact) mass is 393 g/mol. The van der Waals surface area contributed by atoms with Crippen molar-refractivity contribution in [1.29, 1.82) is 0 Å². The molecule has 3 aromatic rings. The quantitative estimate of drug-likeness (QED) is 0.556. The van der Waals surface area contributed by atoms with Crippen LogP contribution in [0.5, 0.6) is 11.5 Å². The zero-order valence-electron chi connectivity index (χ0n) is 16.9. The smallest absolute Gasteiger partial charge is 0.223 e. The van der Waals surface area contributed by atoms with Gasteiger partial charge >= 0.3 is 0 Å². The van der Waals surface area contributed by atoms with Gasteiger partial charge in [-0.15, -0.1) is 0 Å². The van der Waals surface area contributed by atoms with Crippen LogP contribution in [0.25, 0.3) is 11.0 Å². The summed E-state index contributed by atoms with van der Waals surface area (Å²) in [6, 6.07) is 15.6. The summed E-state index contributed by atoms with van der Waals surface area (Å²) in [5.74, 6) is 2.79. The van der Waals surface area contributed by atoms with Crippen LogP contribution in [0.15, 0.2) is 48.5 Å². The molecular weight excluding hydrogens is 366 g/mol. The number of amides is 1. The molecule has 29 heavy (non-hydrogen) atoms. The van der Waals surface area contributed by atoms with E-state index < -0.39 is 0 Å². The maximum atomic E-state index is 12.2. The van der Waals surface area contributed by atoms with Crippen molar-refractivity contribution >= 4 is 16.9 Å². The van der Waals surface area contributed by atoms with E-state index in [4.69, 9.17) is 14.5 Å². The molecular formula is C23H27N3O3. The highest BCUT2D eigenvalue weighted by molar-refractivity contribution is 5.81. The molecule has 6 nitrogen and oxygen atoms in total. The normalized spacial score (nSPS) is 14.6. The number of carbonyl (C=O) groups excluding carboxylic acids is 1. The summed E-state index contributed by atoms with van der Waals surface area (Å²) in [6.07, 6.45) is 2.82. The van der Waals surface area contributed by atoms with Gasteiger partial charge in [0.15, 0.2) is 0 Å². The predicted molar refractivity (Wildman–Crippen MR) is 112 cm³/mol. The van der Waals surface area contributed by atoms with Crippen LogP contribution in [0.4, 0.5) is 0 Å². The number of carbonyl (C=O) groups is 1. The summed E-state index contributed by atoms with van der Waals surface area (Å²) >= 11 is 0. The summed E-state index contributed by atoms with van der Waals surface area (Å²) in [5, 5.41) is 3.12. The maximum absolute atomic E-state index is 12.2. The van der Waals surface area contributed by atoms with E-state index >= 15 is 0 Å². The Morgan fingerprint density at radius 1 is 1.21 bits per heavy atom. The van der Waals surface area contributed by atoms with E-state index in [0.717, 1.165) is 54.2 Å². The summed E-state index contributed by atoms with van der Waals surface area (Å²) < 4.78 is 13.3. The molecule has 152 valence electrons. The third-order valence-electron chi connectivity index (χ3n) is 5.21. The Balaban J connectivity index is 1.44. The SMILES string of the molecule is COc1cccc(OCCCn2c(C(C)NC(=O)C3CC3)nc3ccccc32)c1. The molecule has 0 spiro atoms. The van der Waals surface area contributed by atoms with Gasteiger partial charge in [-0.25, -0.2) is 4.98 Å². The Morgan fingerprint density at radius 3 is 2.79 bits per heavy atom. The van der Waals surface area contributed by atoms with Crippen LogP contribution in [-0.4, -0.2) is 29.2 Å². The number of benzene rings is 2. The first-order valence-electron chi connectivity index (χ1n) is 10.2. The summed E-state index contributed by atoms with van der Waals surface area (Å²) in [5.41, 5.74) is 2.03. The molecule has 0 bridgehead atoms. The number of methoxy groups -OCH3 is 1. The fourth-order valence-electron chi connectivity index (χ4n) is 3.50. The van der Waals surface area contributed by atoms with Crippen LogP contribution < -0.4 is 14.8 Å². The molecule has 1 aliphatic rings. The van der Waals surface area contributed by atoms with E-state index in [-0.39, 0.29) is 17.9 Å². The maximum Gasteiger partial charge on any atom is 0.223 e. The first-order valence-corrected chi connectivity index (χ1v) is 10.2. The third kappa shape index (κ3) is 4.53. The van der Waals surface area contributed by atoms with Crippen molar-refractivity contribution in [2.45, 2.75) is 38.8 Å². The molecule has 1 aliphatic carbocycles. The first-order chi connectivity index (χ1) is 14.2. The van der Waals surface area contributed by atoms with Crippen LogP contribution in [0.1, 0.15) is 38.1 Å². The second-order valence-electron chi connectivity index (χ2n) is 7.50. The van der Waals surface area contributed by atoms with Crippen LogP contribution in [0, 0.1) is 5.92 Å².